The van der Waals surface area contributed by atoms with E-state index in [0.717, 1.165) is 37.0 Å². The van der Waals surface area contributed by atoms with Crippen molar-refractivity contribution in [2.45, 2.75) is 51.2 Å². The molecule has 0 atom stereocenters. The van der Waals surface area contributed by atoms with Crippen molar-refractivity contribution in [3.63, 3.8) is 0 Å². The van der Waals surface area contributed by atoms with Crippen molar-refractivity contribution < 1.29 is 19.0 Å². The number of nitriles is 1. The van der Waals surface area contributed by atoms with Crippen LogP contribution in [-0.4, -0.2) is 40.8 Å². The maximum Gasteiger partial charge on any atom is 0.364 e. The van der Waals surface area contributed by atoms with Gasteiger partial charge in [-0.25, -0.2) is 9.48 Å². The summed E-state index contributed by atoms with van der Waals surface area (Å²) in [5.74, 6) is 1.00. The second-order valence-corrected chi connectivity index (χ2v) is 8.29. The second-order valence-electron chi connectivity index (χ2n) is 8.29. The molecular formula is C26H28N4O4. The highest BCUT2D eigenvalue weighted by Gasteiger charge is 2.29. The van der Waals surface area contributed by atoms with E-state index in [4.69, 9.17) is 19.5 Å². The van der Waals surface area contributed by atoms with Crippen molar-refractivity contribution in [3.05, 3.63) is 70.9 Å². The van der Waals surface area contributed by atoms with Crippen LogP contribution < -0.4 is 9.47 Å². The molecule has 0 N–H and O–H groups in total. The van der Waals surface area contributed by atoms with Crippen molar-refractivity contribution in [2.24, 2.45) is 0 Å². The SMILES string of the molecule is CCOC(=O)c1nnn(Cc2ccc(OC)cc2)c1O[C@H]1CC[C@H](c2ccc(C#N)cc2)CC1. The molecule has 4 rings (SSSR count). The summed E-state index contributed by atoms with van der Waals surface area (Å²) in [6.45, 7) is 2.41. The second kappa shape index (κ2) is 10.8. The zero-order valence-corrected chi connectivity index (χ0v) is 19.4. The number of rotatable bonds is 8. The lowest BCUT2D eigenvalue weighted by Crippen LogP contribution is -2.25. The van der Waals surface area contributed by atoms with Crippen molar-refractivity contribution in [1.82, 2.24) is 15.0 Å². The lowest BCUT2D eigenvalue weighted by atomic mass is 9.82. The Kier molecular flexibility index (Phi) is 7.43. The lowest BCUT2D eigenvalue weighted by Gasteiger charge is -2.29. The summed E-state index contributed by atoms with van der Waals surface area (Å²) in [5.41, 5.74) is 3.00. The summed E-state index contributed by atoms with van der Waals surface area (Å²) < 4.78 is 18.3. The molecule has 0 unspecified atom stereocenters. The highest BCUT2D eigenvalue weighted by Crippen LogP contribution is 2.35. The van der Waals surface area contributed by atoms with Crippen LogP contribution in [0.4, 0.5) is 0 Å². The van der Waals surface area contributed by atoms with E-state index in [-0.39, 0.29) is 18.4 Å². The third kappa shape index (κ3) is 5.37. The number of carbonyl (C=O) groups excluding carboxylic acids is 1. The normalized spacial score (nSPS) is 17.6. The highest BCUT2D eigenvalue weighted by atomic mass is 16.5. The van der Waals surface area contributed by atoms with Crippen LogP contribution in [0.2, 0.25) is 0 Å². The number of ether oxygens (including phenoxy) is 3. The summed E-state index contributed by atoms with van der Waals surface area (Å²) in [4.78, 5) is 12.5. The molecule has 0 bridgehead atoms. The Balaban J connectivity index is 1.47. The molecule has 1 aliphatic carbocycles. The Bertz CT molecular complexity index is 1140. The van der Waals surface area contributed by atoms with Gasteiger partial charge in [0.15, 0.2) is 0 Å². The molecule has 0 amide bonds. The van der Waals surface area contributed by atoms with Gasteiger partial charge in [-0.05, 0) is 73.9 Å². The Morgan fingerprint density at radius 3 is 2.41 bits per heavy atom. The highest BCUT2D eigenvalue weighted by molar-refractivity contribution is 5.89. The lowest BCUT2D eigenvalue weighted by molar-refractivity contribution is 0.0507. The molecular weight excluding hydrogens is 432 g/mol. The van der Waals surface area contributed by atoms with Crippen LogP contribution in [0.5, 0.6) is 11.6 Å². The largest absolute Gasteiger partial charge is 0.497 e. The average molecular weight is 461 g/mol. The summed E-state index contributed by atoms with van der Waals surface area (Å²) >= 11 is 0. The molecule has 8 nitrogen and oxygen atoms in total. The number of nitrogens with zero attached hydrogens (tertiary/aromatic N) is 4. The van der Waals surface area contributed by atoms with Crippen LogP contribution in [0.25, 0.3) is 0 Å². The molecule has 0 spiro atoms. The fraction of sp³-hybridized carbons (Fsp3) is 0.385. The number of hydrogen-bond donors (Lipinski definition) is 0. The molecule has 1 heterocycles. The predicted molar refractivity (Wildman–Crippen MR) is 125 cm³/mol. The first kappa shape index (κ1) is 23.3. The zero-order valence-electron chi connectivity index (χ0n) is 19.4. The molecule has 2 aromatic carbocycles. The molecule has 1 aromatic heterocycles. The first-order chi connectivity index (χ1) is 16.6. The van der Waals surface area contributed by atoms with Crippen LogP contribution in [-0.2, 0) is 11.3 Å². The van der Waals surface area contributed by atoms with Gasteiger partial charge in [-0.1, -0.05) is 29.5 Å². The van der Waals surface area contributed by atoms with Gasteiger partial charge < -0.3 is 14.2 Å². The van der Waals surface area contributed by atoms with Crippen molar-refractivity contribution in [1.29, 1.82) is 5.26 Å². The van der Waals surface area contributed by atoms with E-state index in [1.54, 1.807) is 18.7 Å². The standard InChI is InChI=1S/C26H28N4O4/c1-3-33-26(31)24-25(30(29-28-24)17-19-6-12-22(32-2)13-7-19)34-23-14-10-21(11-15-23)20-8-4-18(16-27)5-9-20/h4-9,12-13,21,23H,3,10-11,14-15,17H2,1-2H3/t21-,23-. The summed E-state index contributed by atoms with van der Waals surface area (Å²) in [6, 6.07) is 17.6. The number of benzene rings is 2. The predicted octanol–water partition coefficient (Wildman–Crippen LogP) is 4.49. The van der Waals surface area contributed by atoms with E-state index in [9.17, 15) is 4.79 Å². The molecule has 3 aromatic rings. The number of methoxy groups -OCH3 is 1. The molecule has 176 valence electrons. The Labute approximate surface area is 199 Å². The molecule has 0 aliphatic heterocycles. The van der Waals surface area contributed by atoms with Crippen LogP contribution >= 0.6 is 0 Å². The fourth-order valence-corrected chi connectivity index (χ4v) is 4.26. The quantitative estimate of drug-likeness (QED) is 0.457. The molecule has 8 heteroatoms. The molecule has 0 radical (unpaired) electrons. The van der Waals surface area contributed by atoms with Crippen LogP contribution in [0.1, 0.15) is 65.7 Å². The summed E-state index contributed by atoms with van der Waals surface area (Å²) in [6.07, 6.45) is 3.58. The minimum absolute atomic E-state index is 0.0454. The number of aromatic nitrogens is 3. The molecule has 1 fully saturated rings. The smallest absolute Gasteiger partial charge is 0.364 e. The van der Waals surface area contributed by atoms with E-state index in [0.29, 0.717) is 23.9 Å². The maximum atomic E-state index is 12.5. The fourth-order valence-electron chi connectivity index (χ4n) is 4.26. The van der Waals surface area contributed by atoms with Crippen molar-refractivity contribution in [2.75, 3.05) is 13.7 Å². The van der Waals surface area contributed by atoms with E-state index in [1.165, 1.54) is 5.56 Å². The third-order valence-electron chi connectivity index (χ3n) is 6.11. The minimum atomic E-state index is -0.537. The maximum absolute atomic E-state index is 12.5. The third-order valence-corrected chi connectivity index (χ3v) is 6.11. The first-order valence-electron chi connectivity index (χ1n) is 11.5. The van der Waals surface area contributed by atoms with Crippen molar-refractivity contribution >= 4 is 5.97 Å². The van der Waals surface area contributed by atoms with Crippen LogP contribution in [0.3, 0.4) is 0 Å². The van der Waals surface area contributed by atoms with Gasteiger partial charge in [0.2, 0.25) is 11.6 Å². The zero-order chi connectivity index (χ0) is 23.9. The van der Waals surface area contributed by atoms with Gasteiger partial charge in [-0.2, -0.15) is 5.26 Å². The van der Waals surface area contributed by atoms with Crippen LogP contribution in [0.15, 0.2) is 48.5 Å². The first-order valence-corrected chi connectivity index (χ1v) is 11.5. The van der Waals surface area contributed by atoms with E-state index in [2.05, 4.69) is 16.4 Å². The molecule has 34 heavy (non-hydrogen) atoms. The van der Waals surface area contributed by atoms with Gasteiger partial charge in [0.25, 0.3) is 0 Å². The minimum Gasteiger partial charge on any atom is -0.497 e. The molecule has 1 saturated carbocycles. The van der Waals surface area contributed by atoms with Gasteiger partial charge in [-0.15, -0.1) is 5.10 Å². The monoisotopic (exact) mass is 460 g/mol. The van der Waals surface area contributed by atoms with E-state index >= 15 is 0 Å². The Morgan fingerprint density at radius 2 is 1.79 bits per heavy atom. The topological polar surface area (TPSA) is 99.3 Å². The number of esters is 1. The summed E-state index contributed by atoms with van der Waals surface area (Å²) in [7, 11) is 1.63. The molecule has 1 aliphatic rings. The van der Waals surface area contributed by atoms with E-state index < -0.39 is 5.97 Å². The van der Waals surface area contributed by atoms with Gasteiger partial charge in [0.1, 0.15) is 11.9 Å². The van der Waals surface area contributed by atoms with E-state index in [1.807, 2.05) is 48.5 Å². The Hall–Kier alpha value is -3.86. The van der Waals surface area contributed by atoms with Gasteiger partial charge >= 0.3 is 5.97 Å². The van der Waals surface area contributed by atoms with Crippen LogP contribution in [0, 0.1) is 11.3 Å². The average Bonchev–Trinajstić information content (AvgIpc) is 3.27. The van der Waals surface area contributed by atoms with Crippen molar-refractivity contribution in [3.8, 4) is 17.7 Å². The number of carbonyl (C=O) groups is 1. The van der Waals surface area contributed by atoms with Gasteiger partial charge in [-0.3, -0.25) is 0 Å². The van der Waals surface area contributed by atoms with Gasteiger partial charge in [0.05, 0.1) is 31.9 Å². The number of hydrogen-bond acceptors (Lipinski definition) is 7. The summed E-state index contributed by atoms with van der Waals surface area (Å²) in [5, 5.41) is 17.3. The molecule has 0 saturated heterocycles. The Morgan fingerprint density at radius 1 is 1.09 bits per heavy atom. The van der Waals surface area contributed by atoms with Gasteiger partial charge in [0, 0.05) is 0 Å².